The normalized spacial score (nSPS) is 20.3. The third-order valence-electron chi connectivity index (χ3n) is 4.11. The highest BCUT2D eigenvalue weighted by molar-refractivity contribution is 7.16. The maximum atomic E-state index is 12.6. The van der Waals surface area contributed by atoms with E-state index in [1.165, 1.54) is 11.3 Å². The van der Waals surface area contributed by atoms with Gasteiger partial charge in [-0.05, 0) is 24.3 Å². The van der Waals surface area contributed by atoms with Crippen molar-refractivity contribution < 1.29 is 14.3 Å². The predicted molar refractivity (Wildman–Crippen MR) is 95.0 cm³/mol. The number of benzene rings is 1. The molecule has 1 fully saturated rings. The number of hydrogen-bond donors (Lipinski definition) is 1. The smallest absolute Gasteiger partial charge is 0.251 e. The number of nitrogens with one attached hydrogen (secondary N) is 1. The summed E-state index contributed by atoms with van der Waals surface area (Å²) in [5, 5.41) is 3.03. The van der Waals surface area contributed by atoms with Crippen LogP contribution >= 0.6 is 11.3 Å². The summed E-state index contributed by atoms with van der Waals surface area (Å²) in [4.78, 5) is 21.0. The summed E-state index contributed by atoms with van der Waals surface area (Å²) in [6.07, 6.45) is 2.22. The van der Waals surface area contributed by atoms with Crippen LogP contribution in [0.3, 0.4) is 0 Å². The molecule has 1 amide bonds. The Morgan fingerprint density at radius 1 is 1.28 bits per heavy atom. The molecular formula is C18H17N3O3S. The molecule has 7 heteroatoms. The number of aromatic nitrogens is 2. The average Bonchev–Trinajstić information content (AvgIpc) is 3.12. The van der Waals surface area contributed by atoms with Crippen LogP contribution < -0.4 is 10.1 Å². The number of pyridine rings is 1. The van der Waals surface area contributed by atoms with Crippen LogP contribution in [0.5, 0.6) is 5.88 Å². The highest BCUT2D eigenvalue weighted by Gasteiger charge is 2.29. The predicted octanol–water partition coefficient (Wildman–Crippen LogP) is 2.66. The van der Waals surface area contributed by atoms with Crippen LogP contribution in [0.25, 0.3) is 10.2 Å². The molecule has 6 nitrogen and oxygen atoms in total. The van der Waals surface area contributed by atoms with Gasteiger partial charge in [0.1, 0.15) is 6.10 Å². The first-order valence-electron chi connectivity index (χ1n) is 8.09. The van der Waals surface area contributed by atoms with Crippen molar-refractivity contribution in [3.05, 3.63) is 53.7 Å². The van der Waals surface area contributed by atoms with Gasteiger partial charge in [-0.15, -0.1) is 11.3 Å². The number of rotatable bonds is 4. The van der Waals surface area contributed by atoms with E-state index in [0.717, 1.165) is 10.2 Å². The van der Waals surface area contributed by atoms with E-state index in [2.05, 4.69) is 15.3 Å². The molecule has 3 heterocycles. The molecule has 0 aliphatic carbocycles. The van der Waals surface area contributed by atoms with Gasteiger partial charge in [0.05, 0.1) is 35.0 Å². The first-order chi connectivity index (χ1) is 12.3. The van der Waals surface area contributed by atoms with Crippen molar-refractivity contribution in [3.63, 3.8) is 0 Å². The van der Waals surface area contributed by atoms with E-state index in [1.807, 2.05) is 30.3 Å². The van der Waals surface area contributed by atoms with Gasteiger partial charge in [-0.2, -0.15) is 0 Å². The second-order valence-electron chi connectivity index (χ2n) is 5.80. The van der Waals surface area contributed by atoms with Crippen molar-refractivity contribution in [2.45, 2.75) is 18.6 Å². The Morgan fingerprint density at radius 3 is 3.12 bits per heavy atom. The van der Waals surface area contributed by atoms with Gasteiger partial charge in [-0.1, -0.05) is 6.07 Å². The second kappa shape index (κ2) is 7.16. The molecule has 3 aromatic rings. The maximum Gasteiger partial charge on any atom is 0.251 e. The minimum absolute atomic E-state index is 0.138. The van der Waals surface area contributed by atoms with E-state index < -0.39 is 0 Å². The van der Waals surface area contributed by atoms with E-state index in [-0.39, 0.29) is 18.1 Å². The molecule has 25 heavy (non-hydrogen) atoms. The number of amides is 1. The van der Waals surface area contributed by atoms with Gasteiger partial charge in [0.2, 0.25) is 5.88 Å². The zero-order chi connectivity index (χ0) is 17.1. The molecule has 0 radical (unpaired) electrons. The topological polar surface area (TPSA) is 73.3 Å². The summed E-state index contributed by atoms with van der Waals surface area (Å²) in [7, 11) is 0. The van der Waals surface area contributed by atoms with Crippen molar-refractivity contribution >= 4 is 27.5 Å². The summed E-state index contributed by atoms with van der Waals surface area (Å²) in [6, 6.07) is 10.8. The second-order valence-corrected chi connectivity index (χ2v) is 6.69. The van der Waals surface area contributed by atoms with Crippen molar-refractivity contribution in [2.75, 3.05) is 13.2 Å². The van der Waals surface area contributed by atoms with E-state index in [1.54, 1.807) is 17.8 Å². The standard InChI is InChI=1S/C18H17N3O3S/c22-18(12-4-5-13-16(9-12)25-11-20-13)21-14-10-23-8-6-15(14)24-17-3-1-2-7-19-17/h1-5,7,9,11,14-15H,6,8,10H2,(H,21,22)/t14-,15-/m1/s1. The SMILES string of the molecule is O=C(N[C@@H]1COCC[C@H]1Oc1ccccn1)c1ccc2ncsc2c1. The van der Waals surface area contributed by atoms with Crippen LogP contribution in [0.4, 0.5) is 0 Å². The summed E-state index contributed by atoms with van der Waals surface area (Å²) < 4.78 is 12.5. The van der Waals surface area contributed by atoms with Gasteiger partial charge >= 0.3 is 0 Å². The van der Waals surface area contributed by atoms with Gasteiger partial charge in [0.15, 0.2) is 0 Å². The van der Waals surface area contributed by atoms with Gasteiger partial charge in [0, 0.05) is 24.2 Å². The van der Waals surface area contributed by atoms with Crippen LogP contribution in [-0.4, -0.2) is 41.2 Å². The van der Waals surface area contributed by atoms with E-state index >= 15 is 0 Å². The number of ether oxygens (including phenoxy) is 2. The molecule has 1 aliphatic rings. The van der Waals surface area contributed by atoms with E-state index in [0.29, 0.717) is 31.1 Å². The van der Waals surface area contributed by atoms with Crippen LogP contribution in [0.15, 0.2) is 48.1 Å². The summed E-state index contributed by atoms with van der Waals surface area (Å²) in [5.41, 5.74) is 3.29. The summed E-state index contributed by atoms with van der Waals surface area (Å²) in [6.45, 7) is 1.03. The minimum Gasteiger partial charge on any atom is -0.472 e. The van der Waals surface area contributed by atoms with Crippen molar-refractivity contribution in [2.24, 2.45) is 0 Å². The van der Waals surface area contributed by atoms with Crippen LogP contribution in [0, 0.1) is 0 Å². The molecule has 4 rings (SSSR count). The average molecular weight is 355 g/mol. The Balaban J connectivity index is 1.47. The van der Waals surface area contributed by atoms with E-state index in [9.17, 15) is 4.79 Å². The van der Waals surface area contributed by atoms with Gasteiger partial charge < -0.3 is 14.8 Å². The molecule has 0 saturated carbocycles. The van der Waals surface area contributed by atoms with Gasteiger partial charge in [-0.25, -0.2) is 9.97 Å². The fraction of sp³-hybridized carbons (Fsp3) is 0.278. The van der Waals surface area contributed by atoms with Crippen molar-refractivity contribution in [3.8, 4) is 5.88 Å². The first kappa shape index (κ1) is 16.0. The Morgan fingerprint density at radius 2 is 2.24 bits per heavy atom. The third kappa shape index (κ3) is 3.62. The molecule has 128 valence electrons. The number of fused-ring (bicyclic) bond motifs is 1. The largest absolute Gasteiger partial charge is 0.472 e. The first-order valence-corrected chi connectivity index (χ1v) is 8.97. The number of carbonyl (C=O) groups excluding carboxylic acids is 1. The molecule has 2 aromatic heterocycles. The quantitative estimate of drug-likeness (QED) is 0.779. The zero-order valence-corrected chi connectivity index (χ0v) is 14.2. The fourth-order valence-electron chi connectivity index (χ4n) is 2.81. The lowest BCUT2D eigenvalue weighted by atomic mass is 10.1. The number of hydrogen-bond acceptors (Lipinski definition) is 6. The Labute approximate surface area is 148 Å². The molecule has 1 aromatic carbocycles. The summed E-state index contributed by atoms with van der Waals surface area (Å²) >= 11 is 1.52. The fourth-order valence-corrected chi connectivity index (χ4v) is 3.53. The Kier molecular flexibility index (Phi) is 4.58. The van der Waals surface area contributed by atoms with Crippen LogP contribution in [0.2, 0.25) is 0 Å². The molecule has 1 N–H and O–H groups in total. The Bertz CT molecular complexity index is 868. The lowest BCUT2D eigenvalue weighted by Gasteiger charge is -2.32. The lowest BCUT2D eigenvalue weighted by molar-refractivity contribution is -0.00448. The zero-order valence-electron chi connectivity index (χ0n) is 13.4. The van der Waals surface area contributed by atoms with Gasteiger partial charge in [0.25, 0.3) is 5.91 Å². The molecule has 2 atom stereocenters. The highest BCUT2D eigenvalue weighted by atomic mass is 32.1. The number of carbonyl (C=O) groups is 1. The number of thiazole rings is 1. The van der Waals surface area contributed by atoms with Crippen LogP contribution in [0.1, 0.15) is 16.8 Å². The molecule has 0 spiro atoms. The molecular weight excluding hydrogens is 338 g/mol. The minimum atomic E-state index is -0.222. The lowest BCUT2D eigenvalue weighted by Crippen LogP contribution is -2.51. The van der Waals surface area contributed by atoms with Gasteiger partial charge in [-0.3, -0.25) is 4.79 Å². The molecule has 1 saturated heterocycles. The van der Waals surface area contributed by atoms with Crippen LogP contribution in [-0.2, 0) is 4.74 Å². The Hall–Kier alpha value is -2.51. The molecule has 0 unspecified atom stereocenters. The van der Waals surface area contributed by atoms with Crippen molar-refractivity contribution in [1.29, 1.82) is 0 Å². The molecule has 1 aliphatic heterocycles. The molecule has 0 bridgehead atoms. The monoisotopic (exact) mass is 355 g/mol. The number of nitrogens with zero attached hydrogens (tertiary/aromatic N) is 2. The third-order valence-corrected chi connectivity index (χ3v) is 4.90. The highest BCUT2D eigenvalue weighted by Crippen LogP contribution is 2.20. The van der Waals surface area contributed by atoms with E-state index in [4.69, 9.17) is 9.47 Å². The summed E-state index contributed by atoms with van der Waals surface area (Å²) in [5.74, 6) is 0.417. The maximum absolute atomic E-state index is 12.6. The van der Waals surface area contributed by atoms with Crippen molar-refractivity contribution in [1.82, 2.24) is 15.3 Å².